The molecule has 0 fully saturated rings. The average Bonchev–Trinajstić information content (AvgIpc) is 2.64. The molecule has 1 aromatic carbocycles. The van der Waals surface area contributed by atoms with Gasteiger partial charge in [-0.1, -0.05) is 23.4 Å². The third-order valence-electron chi connectivity index (χ3n) is 2.73. The van der Waals surface area contributed by atoms with Crippen LogP contribution in [0.3, 0.4) is 0 Å². The van der Waals surface area contributed by atoms with Crippen molar-refractivity contribution in [3.63, 3.8) is 0 Å². The van der Waals surface area contributed by atoms with Crippen molar-refractivity contribution in [1.82, 2.24) is 4.57 Å². The van der Waals surface area contributed by atoms with Crippen molar-refractivity contribution in [1.29, 1.82) is 0 Å². The molecule has 0 amide bonds. The number of rotatable bonds is 3. The molecule has 0 saturated carbocycles. The van der Waals surface area contributed by atoms with Gasteiger partial charge >= 0.3 is 0 Å². The van der Waals surface area contributed by atoms with Crippen LogP contribution in [0.4, 0.5) is 0 Å². The number of fused-ring (bicyclic) bond motifs is 1. The maximum absolute atomic E-state index is 8.48. The maximum atomic E-state index is 8.48. The standard InChI is InChI=1S/C12H15N3O/c1-9-8-15(7-6-12(13)14-16)11-5-3-2-4-10(9)11/h2-5,8,16H,6-7H2,1H3,(H2,13,14). The summed E-state index contributed by atoms with van der Waals surface area (Å²) in [6.07, 6.45) is 2.64. The normalized spacial score (nSPS) is 12.2. The summed E-state index contributed by atoms with van der Waals surface area (Å²) >= 11 is 0. The molecule has 2 aromatic rings. The van der Waals surface area contributed by atoms with Crippen LogP contribution in [0.15, 0.2) is 35.6 Å². The molecule has 0 spiro atoms. The fourth-order valence-electron chi connectivity index (χ4n) is 1.90. The first kappa shape index (κ1) is 10.5. The lowest BCUT2D eigenvalue weighted by Gasteiger charge is -2.03. The number of amidine groups is 1. The summed E-state index contributed by atoms with van der Waals surface area (Å²) in [7, 11) is 0. The SMILES string of the molecule is Cc1cn(CC/C(N)=N/O)c2ccccc12. The maximum Gasteiger partial charge on any atom is 0.140 e. The van der Waals surface area contributed by atoms with Crippen molar-refractivity contribution in [2.45, 2.75) is 19.9 Å². The lowest BCUT2D eigenvalue weighted by atomic mass is 10.2. The summed E-state index contributed by atoms with van der Waals surface area (Å²) in [5.74, 6) is 0.260. The summed E-state index contributed by atoms with van der Waals surface area (Å²) in [5.41, 5.74) is 7.89. The number of benzene rings is 1. The van der Waals surface area contributed by atoms with E-state index in [1.165, 1.54) is 16.5 Å². The molecule has 1 heterocycles. The summed E-state index contributed by atoms with van der Waals surface area (Å²) in [4.78, 5) is 0. The molecular formula is C12H15N3O. The Morgan fingerprint density at radius 3 is 2.94 bits per heavy atom. The van der Waals surface area contributed by atoms with Gasteiger partial charge in [0, 0.05) is 30.1 Å². The van der Waals surface area contributed by atoms with Crippen LogP contribution < -0.4 is 5.73 Å². The van der Waals surface area contributed by atoms with E-state index < -0.39 is 0 Å². The molecule has 1 aromatic heterocycles. The largest absolute Gasteiger partial charge is 0.409 e. The second kappa shape index (κ2) is 4.26. The monoisotopic (exact) mass is 217 g/mol. The molecule has 0 aliphatic heterocycles. The zero-order valence-electron chi connectivity index (χ0n) is 9.22. The molecule has 0 radical (unpaired) electrons. The van der Waals surface area contributed by atoms with Crippen LogP contribution >= 0.6 is 0 Å². The topological polar surface area (TPSA) is 63.5 Å². The predicted molar refractivity (Wildman–Crippen MR) is 64.7 cm³/mol. The smallest absolute Gasteiger partial charge is 0.140 e. The van der Waals surface area contributed by atoms with Crippen molar-refractivity contribution < 1.29 is 5.21 Å². The predicted octanol–water partition coefficient (Wildman–Crippen LogP) is 2.09. The van der Waals surface area contributed by atoms with E-state index in [4.69, 9.17) is 10.9 Å². The Kier molecular flexibility index (Phi) is 2.81. The van der Waals surface area contributed by atoms with Crippen LogP contribution in [0, 0.1) is 6.92 Å². The fraction of sp³-hybridized carbons (Fsp3) is 0.250. The van der Waals surface area contributed by atoms with Gasteiger partial charge < -0.3 is 15.5 Å². The van der Waals surface area contributed by atoms with Gasteiger partial charge in [-0.05, 0) is 18.6 Å². The van der Waals surface area contributed by atoms with Gasteiger partial charge in [-0.3, -0.25) is 0 Å². The van der Waals surface area contributed by atoms with Crippen molar-refractivity contribution in [3.8, 4) is 0 Å². The Balaban J connectivity index is 2.31. The summed E-state index contributed by atoms with van der Waals surface area (Å²) in [6.45, 7) is 2.81. The van der Waals surface area contributed by atoms with E-state index in [0.717, 1.165) is 6.54 Å². The summed E-state index contributed by atoms with van der Waals surface area (Å²) in [5, 5.41) is 12.7. The van der Waals surface area contributed by atoms with E-state index >= 15 is 0 Å². The first-order valence-electron chi connectivity index (χ1n) is 5.23. The van der Waals surface area contributed by atoms with Crippen molar-refractivity contribution in [2.75, 3.05) is 0 Å². The van der Waals surface area contributed by atoms with E-state index in [2.05, 4.69) is 35.0 Å². The van der Waals surface area contributed by atoms with Crippen molar-refractivity contribution >= 4 is 16.7 Å². The van der Waals surface area contributed by atoms with E-state index in [1.54, 1.807) is 0 Å². The molecule has 0 atom stereocenters. The molecule has 84 valence electrons. The Bertz CT molecular complexity index is 528. The van der Waals surface area contributed by atoms with Gasteiger partial charge in [0.25, 0.3) is 0 Å². The average molecular weight is 217 g/mol. The van der Waals surface area contributed by atoms with Gasteiger partial charge in [-0.2, -0.15) is 0 Å². The lowest BCUT2D eigenvalue weighted by molar-refractivity contribution is 0.316. The molecule has 0 unspecified atom stereocenters. The highest BCUT2D eigenvalue weighted by Gasteiger charge is 2.04. The van der Waals surface area contributed by atoms with Gasteiger partial charge in [0.2, 0.25) is 0 Å². The molecule has 4 nitrogen and oxygen atoms in total. The second-order valence-corrected chi connectivity index (χ2v) is 3.86. The van der Waals surface area contributed by atoms with Gasteiger partial charge in [0.1, 0.15) is 5.84 Å². The Morgan fingerprint density at radius 2 is 2.19 bits per heavy atom. The number of aromatic nitrogens is 1. The zero-order chi connectivity index (χ0) is 11.5. The number of para-hydroxylation sites is 1. The van der Waals surface area contributed by atoms with Gasteiger partial charge in [0.05, 0.1) is 0 Å². The second-order valence-electron chi connectivity index (χ2n) is 3.86. The molecule has 2 rings (SSSR count). The van der Waals surface area contributed by atoms with Gasteiger partial charge in [0.15, 0.2) is 0 Å². The Hall–Kier alpha value is -1.97. The third-order valence-corrected chi connectivity index (χ3v) is 2.73. The van der Waals surface area contributed by atoms with Crippen molar-refractivity contribution in [3.05, 3.63) is 36.0 Å². The first-order valence-corrected chi connectivity index (χ1v) is 5.23. The highest BCUT2D eigenvalue weighted by atomic mass is 16.4. The van der Waals surface area contributed by atoms with Gasteiger partial charge in [-0.15, -0.1) is 0 Å². The first-order chi connectivity index (χ1) is 7.72. The van der Waals surface area contributed by atoms with E-state index in [-0.39, 0.29) is 5.84 Å². The zero-order valence-corrected chi connectivity index (χ0v) is 9.22. The molecular weight excluding hydrogens is 202 g/mol. The van der Waals surface area contributed by atoms with Gasteiger partial charge in [-0.25, -0.2) is 0 Å². The van der Waals surface area contributed by atoms with Crippen LogP contribution in [-0.4, -0.2) is 15.6 Å². The van der Waals surface area contributed by atoms with E-state index in [1.807, 2.05) is 12.1 Å². The molecule has 3 N–H and O–H groups in total. The van der Waals surface area contributed by atoms with Crippen LogP contribution in [-0.2, 0) is 6.54 Å². The molecule has 0 bridgehead atoms. The number of oxime groups is 1. The quantitative estimate of drug-likeness (QED) is 0.358. The number of aryl methyl sites for hydroxylation is 2. The van der Waals surface area contributed by atoms with E-state index in [9.17, 15) is 0 Å². The van der Waals surface area contributed by atoms with Crippen LogP contribution in [0.1, 0.15) is 12.0 Å². The van der Waals surface area contributed by atoms with Crippen LogP contribution in [0.5, 0.6) is 0 Å². The number of hydrogen-bond acceptors (Lipinski definition) is 2. The minimum absolute atomic E-state index is 0.260. The summed E-state index contributed by atoms with van der Waals surface area (Å²) < 4.78 is 2.13. The van der Waals surface area contributed by atoms with Crippen LogP contribution in [0.25, 0.3) is 10.9 Å². The molecule has 0 saturated heterocycles. The Labute approximate surface area is 94.0 Å². The van der Waals surface area contributed by atoms with E-state index in [0.29, 0.717) is 6.42 Å². The van der Waals surface area contributed by atoms with Crippen molar-refractivity contribution in [2.24, 2.45) is 10.9 Å². The minimum atomic E-state index is 0.260. The Morgan fingerprint density at radius 1 is 1.44 bits per heavy atom. The fourth-order valence-corrected chi connectivity index (χ4v) is 1.90. The molecule has 0 aliphatic carbocycles. The molecule has 16 heavy (non-hydrogen) atoms. The highest BCUT2D eigenvalue weighted by molar-refractivity contribution is 5.84. The molecule has 0 aliphatic rings. The minimum Gasteiger partial charge on any atom is -0.409 e. The highest BCUT2D eigenvalue weighted by Crippen LogP contribution is 2.20. The third kappa shape index (κ3) is 1.86. The number of nitrogens with zero attached hydrogens (tertiary/aromatic N) is 2. The van der Waals surface area contributed by atoms with Crippen LogP contribution in [0.2, 0.25) is 0 Å². The summed E-state index contributed by atoms with van der Waals surface area (Å²) in [6, 6.07) is 8.23. The lowest BCUT2D eigenvalue weighted by Crippen LogP contribution is -2.14. The molecule has 4 heteroatoms. The number of hydrogen-bond donors (Lipinski definition) is 2. The number of nitrogens with two attached hydrogens (primary N) is 1.